The Labute approximate surface area is 143 Å². The van der Waals surface area contributed by atoms with Gasteiger partial charge in [0.2, 0.25) is 5.91 Å². The van der Waals surface area contributed by atoms with Crippen molar-refractivity contribution in [2.24, 2.45) is 5.92 Å². The van der Waals surface area contributed by atoms with Crippen molar-refractivity contribution in [1.82, 2.24) is 9.97 Å². The Hall–Kier alpha value is -2.43. The van der Waals surface area contributed by atoms with Crippen LogP contribution in [0.15, 0.2) is 42.9 Å². The molecule has 1 aromatic carbocycles. The molecule has 2 heterocycles. The maximum Gasteiger partial charge on any atom is 0.227 e. The quantitative estimate of drug-likeness (QED) is 0.936. The lowest BCUT2D eigenvalue weighted by Gasteiger charge is -2.31. The Morgan fingerprint density at radius 1 is 1.17 bits per heavy atom. The van der Waals surface area contributed by atoms with Crippen LogP contribution in [-0.2, 0) is 4.79 Å². The van der Waals surface area contributed by atoms with Crippen molar-refractivity contribution in [1.29, 1.82) is 0 Å². The van der Waals surface area contributed by atoms with E-state index in [0.29, 0.717) is 5.92 Å². The minimum Gasteiger partial charge on any atom is -0.355 e. The Morgan fingerprint density at radius 3 is 2.46 bits per heavy atom. The van der Waals surface area contributed by atoms with Crippen LogP contribution in [0.25, 0.3) is 0 Å². The van der Waals surface area contributed by atoms with Crippen LogP contribution in [-0.4, -0.2) is 29.0 Å². The first-order valence-electron chi connectivity index (χ1n) is 8.55. The van der Waals surface area contributed by atoms with Gasteiger partial charge in [-0.1, -0.05) is 26.0 Å². The SMILES string of the molecule is CC(C)c1ccc(NC(=O)C2CCN(c3cnccn3)CC2)cc1. The Balaban J connectivity index is 1.53. The van der Waals surface area contributed by atoms with Gasteiger partial charge in [-0.15, -0.1) is 0 Å². The van der Waals surface area contributed by atoms with E-state index in [4.69, 9.17) is 0 Å². The third-order valence-corrected chi connectivity index (χ3v) is 4.58. The normalized spacial score (nSPS) is 15.5. The fraction of sp³-hybridized carbons (Fsp3) is 0.421. The van der Waals surface area contributed by atoms with Gasteiger partial charge in [0.05, 0.1) is 6.20 Å². The van der Waals surface area contributed by atoms with Gasteiger partial charge in [0.25, 0.3) is 0 Å². The number of piperidine rings is 1. The molecule has 0 radical (unpaired) electrons. The van der Waals surface area contributed by atoms with Gasteiger partial charge in [-0.25, -0.2) is 4.98 Å². The lowest BCUT2D eigenvalue weighted by atomic mass is 9.95. The molecule has 0 spiro atoms. The van der Waals surface area contributed by atoms with E-state index in [9.17, 15) is 4.79 Å². The van der Waals surface area contributed by atoms with Crippen molar-refractivity contribution >= 4 is 17.4 Å². The molecule has 5 nitrogen and oxygen atoms in total. The van der Waals surface area contributed by atoms with E-state index < -0.39 is 0 Å². The molecular weight excluding hydrogens is 300 g/mol. The fourth-order valence-electron chi connectivity index (χ4n) is 3.02. The van der Waals surface area contributed by atoms with Crippen LogP contribution in [0.2, 0.25) is 0 Å². The number of hydrogen-bond donors (Lipinski definition) is 1. The minimum absolute atomic E-state index is 0.0581. The highest BCUT2D eigenvalue weighted by Crippen LogP contribution is 2.23. The van der Waals surface area contributed by atoms with E-state index in [2.05, 4.69) is 46.2 Å². The molecule has 1 aliphatic rings. The summed E-state index contributed by atoms with van der Waals surface area (Å²) in [6, 6.07) is 8.14. The lowest BCUT2D eigenvalue weighted by molar-refractivity contribution is -0.120. The van der Waals surface area contributed by atoms with Crippen LogP contribution in [0.3, 0.4) is 0 Å². The second-order valence-electron chi connectivity index (χ2n) is 6.59. The molecule has 0 aliphatic carbocycles. The highest BCUT2D eigenvalue weighted by atomic mass is 16.1. The zero-order valence-corrected chi connectivity index (χ0v) is 14.3. The van der Waals surface area contributed by atoms with Gasteiger partial charge >= 0.3 is 0 Å². The molecule has 1 fully saturated rings. The smallest absolute Gasteiger partial charge is 0.227 e. The fourth-order valence-corrected chi connectivity index (χ4v) is 3.02. The van der Waals surface area contributed by atoms with E-state index in [1.165, 1.54) is 5.56 Å². The van der Waals surface area contributed by atoms with Crippen LogP contribution in [0.1, 0.15) is 38.2 Å². The van der Waals surface area contributed by atoms with Crippen molar-refractivity contribution in [2.45, 2.75) is 32.6 Å². The summed E-state index contributed by atoms with van der Waals surface area (Å²) < 4.78 is 0. The molecule has 0 atom stereocenters. The highest BCUT2D eigenvalue weighted by Gasteiger charge is 2.25. The standard InChI is InChI=1S/C19H24N4O/c1-14(2)15-3-5-17(6-4-15)22-19(24)16-7-11-23(12-8-16)18-13-20-9-10-21-18/h3-6,9-10,13-14,16H,7-8,11-12H2,1-2H3,(H,22,24). The van der Waals surface area contributed by atoms with Gasteiger partial charge < -0.3 is 10.2 Å². The summed E-state index contributed by atoms with van der Waals surface area (Å²) in [5, 5.41) is 3.05. The lowest BCUT2D eigenvalue weighted by Crippen LogP contribution is -2.38. The molecule has 5 heteroatoms. The molecule has 1 aliphatic heterocycles. The zero-order valence-electron chi connectivity index (χ0n) is 14.3. The molecular formula is C19H24N4O. The molecule has 0 saturated carbocycles. The predicted molar refractivity (Wildman–Crippen MR) is 96.1 cm³/mol. The first kappa shape index (κ1) is 16.4. The molecule has 1 aromatic heterocycles. The van der Waals surface area contributed by atoms with E-state index in [-0.39, 0.29) is 11.8 Å². The van der Waals surface area contributed by atoms with Crippen molar-refractivity contribution in [3.63, 3.8) is 0 Å². The molecule has 1 amide bonds. The summed E-state index contributed by atoms with van der Waals surface area (Å²) in [5.74, 6) is 1.56. The number of benzene rings is 1. The molecule has 0 bridgehead atoms. The summed E-state index contributed by atoms with van der Waals surface area (Å²) in [5.41, 5.74) is 2.16. The minimum atomic E-state index is 0.0581. The van der Waals surface area contributed by atoms with E-state index in [1.807, 2.05) is 12.1 Å². The molecule has 2 aromatic rings. The van der Waals surface area contributed by atoms with Gasteiger partial charge in [0, 0.05) is 37.1 Å². The highest BCUT2D eigenvalue weighted by molar-refractivity contribution is 5.92. The van der Waals surface area contributed by atoms with Crippen LogP contribution < -0.4 is 10.2 Å². The first-order valence-corrected chi connectivity index (χ1v) is 8.55. The first-order chi connectivity index (χ1) is 11.6. The third kappa shape index (κ3) is 3.91. The Kier molecular flexibility index (Phi) is 5.08. The van der Waals surface area contributed by atoms with Gasteiger partial charge in [0.15, 0.2) is 0 Å². The van der Waals surface area contributed by atoms with E-state index in [1.54, 1.807) is 18.6 Å². The van der Waals surface area contributed by atoms with Crippen molar-refractivity contribution in [3.8, 4) is 0 Å². The Bertz CT molecular complexity index is 662. The molecule has 24 heavy (non-hydrogen) atoms. The number of aromatic nitrogens is 2. The average molecular weight is 324 g/mol. The summed E-state index contributed by atoms with van der Waals surface area (Å²) >= 11 is 0. The van der Waals surface area contributed by atoms with Crippen LogP contribution >= 0.6 is 0 Å². The topological polar surface area (TPSA) is 58.1 Å². The summed E-state index contributed by atoms with van der Waals surface area (Å²) in [7, 11) is 0. The second kappa shape index (κ2) is 7.43. The number of amides is 1. The number of nitrogens with zero attached hydrogens (tertiary/aromatic N) is 3. The van der Waals surface area contributed by atoms with Crippen molar-refractivity contribution in [3.05, 3.63) is 48.4 Å². The molecule has 1 N–H and O–H groups in total. The molecule has 126 valence electrons. The van der Waals surface area contributed by atoms with Gasteiger partial charge in [-0.3, -0.25) is 9.78 Å². The maximum absolute atomic E-state index is 12.5. The largest absolute Gasteiger partial charge is 0.355 e. The maximum atomic E-state index is 12.5. The van der Waals surface area contributed by atoms with Crippen molar-refractivity contribution in [2.75, 3.05) is 23.3 Å². The zero-order chi connectivity index (χ0) is 16.9. The molecule has 0 unspecified atom stereocenters. The summed E-state index contributed by atoms with van der Waals surface area (Å²) in [6.07, 6.45) is 6.83. The number of nitrogens with one attached hydrogen (secondary N) is 1. The van der Waals surface area contributed by atoms with E-state index >= 15 is 0 Å². The number of rotatable bonds is 4. The molecule has 1 saturated heterocycles. The third-order valence-electron chi connectivity index (χ3n) is 4.58. The van der Waals surface area contributed by atoms with Gasteiger partial charge in [0.1, 0.15) is 5.82 Å². The van der Waals surface area contributed by atoms with Crippen molar-refractivity contribution < 1.29 is 4.79 Å². The second-order valence-corrected chi connectivity index (χ2v) is 6.59. The predicted octanol–water partition coefficient (Wildman–Crippen LogP) is 3.46. The van der Waals surface area contributed by atoms with Crippen LogP contribution in [0.4, 0.5) is 11.5 Å². The number of hydrogen-bond acceptors (Lipinski definition) is 4. The average Bonchev–Trinajstić information content (AvgIpc) is 2.63. The number of carbonyl (C=O) groups excluding carboxylic acids is 1. The van der Waals surface area contributed by atoms with Gasteiger partial charge in [-0.05, 0) is 36.5 Å². The summed E-state index contributed by atoms with van der Waals surface area (Å²) in [4.78, 5) is 23.1. The van der Waals surface area contributed by atoms with Crippen LogP contribution in [0, 0.1) is 5.92 Å². The molecule has 3 rings (SSSR count). The Morgan fingerprint density at radius 2 is 1.88 bits per heavy atom. The van der Waals surface area contributed by atoms with Crippen LogP contribution in [0.5, 0.6) is 0 Å². The van der Waals surface area contributed by atoms with E-state index in [0.717, 1.165) is 37.4 Å². The van der Waals surface area contributed by atoms with Gasteiger partial charge in [-0.2, -0.15) is 0 Å². The number of anilines is 2. The monoisotopic (exact) mass is 324 g/mol. The summed E-state index contributed by atoms with van der Waals surface area (Å²) in [6.45, 7) is 6.00. The number of carbonyl (C=O) groups is 1.